The quantitative estimate of drug-likeness (QED) is 0.885. The van der Waals surface area contributed by atoms with Crippen molar-refractivity contribution in [3.05, 3.63) is 34.1 Å². The van der Waals surface area contributed by atoms with Gasteiger partial charge in [-0.25, -0.2) is 4.39 Å². The Hall–Kier alpha value is -1.13. The molecule has 1 unspecified atom stereocenters. The number of benzene rings is 1. The Labute approximate surface area is 104 Å². The molecule has 1 atom stereocenters. The van der Waals surface area contributed by atoms with Gasteiger partial charge >= 0.3 is 5.97 Å². The lowest BCUT2D eigenvalue weighted by atomic mass is 9.99. The fourth-order valence-electron chi connectivity index (χ4n) is 1.53. The van der Waals surface area contributed by atoms with E-state index in [1.54, 1.807) is 0 Å². The monoisotopic (exact) mass is 260 g/mol. The summed E-state index contributed by atoms with van der Waals surface area (Å²) in [7, 11) is 1.46. The van der Waals surface area contributed by atoms with Crippen molar-refractivity contribution in [2.75, 3.05) is 7.11 Å². The molecule has 0 heterocycles. The van der Waals surface area contributed by atoms with Crippen LogP contribution in [-0.4, -0.2) is 18.2 Å². The van der Waals surface area contributed by atoms with Gasteiger partial charge in [0.15, 0.2) is 0 Å². The van der Waals surface area contributed by atoms with Gasteiger partial charge in [-0.2, -0.15) is 0 Å². The highest BCUT2D eigenvalue weighted by Gasteiger charge is 2.17. The molecular formula is C12H14ClFO3. The van der Waals surface area contributed by atoms with E-state index in [0.29, 0.717) is 16.1 Å². The van der Waals surface area contributed by atoms with Gasteiger partial charge in [-0.1, -0.05) is 18.5 Å². The van der Waals surface area contributed by atoms with E-state index in [4.69, 9.17) is 21.4 Å². The first-order valence-electron chi connectivity index (χ1n) is 5.14. The Balaban J connectivity index is 3.02. The van der Waals surface area contributed by atoms with Crippen molar-refractivity contribution in [3.8, 4) is 0 Å². The van der Waals surface area contributed by atoms with Crippen molar-refractivity contribution >= 4 is 17.6 Å². The van der Waals surface area contributed by atoms with Crippen LogP contribution in [0.15, 0.2) is 12.1 Å². The van der Waals surface area contributed by atoms with Gasteiger partial charge in [0.05, 0.1) is 12.5 Å². The lowest BCUT2D eigenvalue weighted by Gasteiger charge is -2.11. The van der Waals surface area contributed by atoms with Crippen LogP contribution >= 0.6 is 11.6 Å². The molecule has 1 aromatic rings. The summed E-state index contributed by atoms with van der Waals surface area (Å²) in [5.74, 6) is -2.06. The van der Waals surface area contributed by atoms with Crippen molar-refractivity contribution in [2.24, 2.45) is 5.92 Å². The molecular weight excluding hydrogens is 247 g/mol. The number of carbonyl (C=O) groups is 1. The molecule has 0 aliphatic carbocycles. The topological polar surface area (TPSA) is 46.5 Å². The summed E-state index contributed by atoms with van der Waals surface area (Å²) in [6, 6.07) is 2.94. The van der Waals surface area contributed by atoms with Crippen LogP contribution in [-0.2, 0) is 22.6 Å². The zero-order chi connectivity index (χ0) is 13.0. The number of aliphatic carboxylic acids is 1. The average molecular weight is 261 g/mol. The van der Waals surface area contributed by atoms with Crippen molar-refractivity contribution < 1.29 is 19.0 Å². The van der Waals surface area contributed by atoms with Crippen molar-refractivity contribution in [1.29, 1.82) is 0 Å². The normalized spacial score (nSPS) is 12.5. The van der Waals surface area contributed by atoms with Gasteiger partial charge < -0.3 is 9.84 Å². The van der Waals surface area contributed by atoms with E-state index in [1.807, 2.05) is 0 Å². The maximum atomic E-state index is 13.9. The summed E-state index contributed by atoms with van der Waals surface area (Å²) in [6.45, 7) is 1.64. The highest BCUT2D eigenvalue weighted by Crippen LogP contribution is 2.23. The second kappa shape index (κ2) is 5.98. The molecule has 94 valence electrons. The maximum Gasteiger partial charge on any atom is 0.306 e. The minimum atomic E-state index is -0.960. The van der Waals surface area contributed by atoms with Crippen molar-refractivity contribution in [3.63, 3.8) is 0 Å². The number of hydrogen-bond acceptors (Lipinski definition) is 2. The second-order valence-corrected chi connectivity index (χ2v) is 4.35. The Bertz CT molecular complexity index is 420. The minimum absolute atomic E-state index is 0.110. The Morgan fingerprint density at radius 2 is 2.12 bits per heavy atom. The molecule has 0 aliphatic heterocycles. The molecule has 1 N–H and O–H groups in total. The summed E-state index contributed by atoms with van der Waals surface area (Å²) < 4.78 is 18.8. The minimum Gasteiger partial charge on any atom is -0.481 e. The number of ether oxygens (including phenoxy) is 1. The highest BCUT2D eigenvalue weighted by atomic mass is 35.5. The fourth-order valence-corrected chi connectivity index (χ4v) is 1.80. The molecule has 0 fully saturated rings. The number of hydrogen-bond donors (Lipinski definition) is 1. The van der Waals surface area contributed by atoms with E-state index >= 15 is 0 Å². The first-order chi connectivity index (χ1) is 7.95. The molecule has 17 heavy (non-hydrogen) atoms. The van der Waals surface area contributed by atoms with E-state index in [-0.39, 0.29) is 13.0 Å². The van der Waals surface area contributed by atoms with Crippen molar-refractivity contribution in [2.45, 2.75) is 20.0 Å². The second-order valence-electron chi connectivity index (χ2n) is 3.91. The standard InChI is InChI=1S/C12H14ClFO3/c1-7(12(15)16)3-8-4-10(13)5-9(6-17-2)11(8)14/h4-5,7H,3,6H2,1-2H3,(H,15,16). The van der Waals surface area contributed by atoms with Crippen LogP contribution in [0.5, 0.6) is 0 Å². The molecule has 0 saturated heterocycles. The largest absolute Gasteiger partial charge is 0.481 e. The molecule has 0 saturated carbocycles. The molecule has 0 spiro atoms. The summed E-state index contributed by atoms with van der Waals surface area (Å²) >= 11 is 5.85. The lowest BCUT2D eigenvalue weighted by Crippen LogP contribution is -2.13. The van der Waals surface area contributed by atoms with Crippen LogP contribution in [0.3, 0.4) is 0 Å². The van der Waals surface area contributed by atoms with Gasteiger partial charge in [-0.05, 0) is 24.1 Å². The summed E-state index contributed by atoms with van der Waals surface area (Å²) in [5.41, 5.74) is 0.645. The number of carboxylic acid groups (broad SMARTS) is 1. The van der Waals surface area contributed by atoms with E-state index in [9.17, 15) is 9.18 Å². The van der Waals surface area contributed by atoms with Gasteiger partial charge in [0.25, 0.3) is 0 Å². The van der Waals surface area contributed by atoms with Crippen LogP contribution in [0.4, 0.5) is 4.39 Å². The summed E-state index contributed by atoms with van der Waals surface area (Å²) in [5, 5.41) is 9.18. The van der Waals surface area contributed by atoms with Gasteiger partial charge in [0.2, 0.25) is 0 Å². The van der Waals surface area contributed by atoms with Crippen molar-refractivity contribution in [1.82, 2.24) is 0 Å². The lowest BCUT2D eigenvalue weighted by molar-refractivity contribution is -0.141. The molecule has 0 aromatic heterocycles. The van der Waals surface area contributed by atoms with Crippen LogP contribution < -0.4 is 0 Å². The molecule has 3 nitrogen and oxygen atoms in total. The molecule has 5 heteroatoms. The van der Waals surface area contributed by atoms with E-state index in [2.05, 4.69) is 0 Å². The van der Waals surface area contributed by atoms with Crippen LogP contribution in [0.25, 0.3) is 0 Å². The number of rotatable bonds is 5. The number of halogens is 2. The smallest absolute Gasteiger partial charge is 0.306 e. The van der Waals surface area contributed by atoms with E-state index in [0.717, 1.165) is 0 Å². The first-order valence-corrected chi connectivity index (χ1v) is 5.52. The third kappa shape index (κ3) is 3.68. The number of carboxylic acids is 1. The highest BCUT2D eigenvalue weighted by molar-refractivity contribution is 6.30. The Kier molecular flexibility index (Phi) is 4.90. The molecule has 0 radical (unpaired) electrons. The van der Waals surface area contributed by atoms with E-state index < -0.39 is 17.7 Å². The Morgan fingerprint density at radius 3 is 2.65 bits per heavy atom. The average Bonchev–Trinajstić information content (AvgIpc) is 2.24. The van der Waals surface area contributed by atoms with Gasteiger partial charge in [-0.15, -0.1) is 0 Å². The van der Waals surface area contributed by atoms with Crippen LogP contribution in [0.1, 0.15) is 18.1 Å². The third-order valence-corrected chi connectivity index (χ3v) is 2.65. The predicted octanol–water partition coefficient (Wildman–Crippen LogP) is 2.89. The molecule has 1 aromatic carbocycles. The zero-order valence-electron chi connectivity index (χ0n) is 9.67. The van der Waals surface area contributed by atoms with Gasteiger partial charge in [0, 0.05) is 17.7 Å². The third-order valence-electron chi connectivity index (χ3n) is 2.44. The Morgan fingerprint density at radius 1 is 1.53 bits per heavy atom. The fraction of sp³-hybridized carbons (Fsp3) is 0.417. The maximum absolute atomic E-state index is 13.9. The summed E-state index contributed by atoms with van der Waals surface area (Å²) in [6.07, 6.45) is 0.110. The van der Waals surface area contributed by atoms with Crippen LogP contribution in [0, 0.1) is 11.7 Å². The molecule has 0 aliphatic rings. The molecule has 1 rings (SSSR count). The first kappa shape index (κ1) is 13.9. The van der Waals surface area contributed by atoms with E-state index in [1.165, 1.54) is 26.2 Å². The van der Waals surface area contributed by atoms with Gasteiger partial charge in [-0.3, -0.25) is 4.79 Å². The zero-order valence-corrected chi connectivity index (χ0v) is 10.4. The molecule has 0 amide bonds. The SMILES string of the molecule is COCc1cc(Cl)cc(CC(C)C(=O)O)c1F. The van der Waals surface area contributed by atoms with Gasteiger partial charge in [0.1, 0.15) is 5.82 Å². The predicted molar refractivity (Wildman–Crippen MR) is 62.6 cm³/mol. The van der Waals surface area contributed by atoms with Crippen LogP contribution in [0.2, 0.25) is 5.02 Å². The number of methoxy groups -OCH3 is 1. The molecule has 0 bridgehead atoms. The summed E-state index contributed by atoms with van der Waals surface area (Å²) in [4.78, 5) is 10.7.